The number of amides is 1. The smallest absolute Gasteiger partial charge is 0.410 e. The van der Waals surface area contributed by atoms with Gasteiger partial charge in [0.1, 0.15) is 6.61 Å². The normalized spacial score (nSPS) is 20.2. The number of aromatic nitrogens is 3. The molecular formula is C38H40N4O6. The maximum atomic E-state index is 14.0. The quantitative estimate of drug-likeness (QED) is 0.223. The fourth-order valence-electron chi connectivity index (χ4n) is 7.42. The number of carbonyl (C=O) groups is 1. The molecule has 0 spiro atoms. The van der Waals surface area contributed by atoms with E-state index >= 15 is 0 Å². The van der Waals surface area contributed by atoms with Crippen LogP contribution in [-0.4, -0.2) is 37.9 Å². The maximum absolute atomic E-state index is 14.0. The Labute approximate surface area is 278 Å². The van der Waals surface area contributed by atoms with Crippen molar-refractivity contribution in [3.8, 4) is 5.88 Å². The van der Waals surface area contributed by atoms with Crippen LogP contribution in [0, 0.1) is 5.92 Å². The molecule has 48 heavy (non-hydrogen) atoms. The molecule has 0 radical (unpaired) electrons. The summed E-state index contributed by atoms with van der Waals surface area (Å²) in [4.78, 5) is 46.4. The number of aromatic amines is 1. The van der Waals surface area contributed by atoms with Crippen LogP contribution in [0.1, 0.15) is 59.7 Å². The number of fused-ring (bicyclic) bond motifs is 4. The van der Waals surface area contributed by atoms with Crippen LogP contribution in [0.5, 0.6) is 5.88 Å². The van der Waals surface area contributed by atoms with Gasteiger partial charge in [-0.2, -0.15) is 0 Å². The largest absolute Gasteiger partial charge is 0.449 e. The molecule has 2 aromatic heterocycles. The number of hydrogen-bond acceptors (Lipinski definition) is 6. The van der Waals surface area contributed by atoms with E-state index in [1.165, 1.54) is 11.6 Å². The number of H-pyrrole nitrogens is 1. The standard InChI is InChI=1S/C38H40N4O6/c1-4-26-29(32-34(43)40(2)37(44)41(3)35(32)48-36(26)46-22-24-13-7-5-8-14-24)21-31-33-28(27-17-11-12-18-30(27)39-33)19-20-42(31)38(45)47-23-25-15-9-6-10-16-25/h5-18,26,29,31,36,39H,4,19-23H2,1-3H3/t26-,29+,31-,36+/m0/s1. The highest BCUT2D eigenvalue weighted by atomic mass is 16.7. The van der Waals surface area contributed by atoms with Crippen molar-refractivity contribution >= 4 is 17.0 Å². The topological polar surface area (TPSA) is 108 Å². The van der Waals surface area contributed by atoms with E-state index in [-0.39, 0.29) is 18.4 Å². The van der Waals surface area contributed by atoms with Gasteiger partial charge in [-0.1, -0.05) is 85.8 Å². The lowest BCUT2D eigenvalue weighted by molar-refractivity contribution is -0.146. The summed E-state index contributed by atoms with van der Waals surface area (Å²) in [5.74, 6) is -0.443. The summed E-state index contributed by atoms with van der Waals surface area (Å²) in [5, 5.41) is 1.12. The van der Waals surface area contributed by atoms with Crippen molar-refractivity contribution in [1.29, 1.82) is 0 Å². The average molecular weight is 649 g/mol. The monoisotopic (exact) mass is 648 g/mol. The van der Waals surface area contributed by atoms with Crippen molar-refractivity contribution in [2.45, 2.75) is 57.6 Å². The fourth-order valence-corrected chi connectivity index (χ4v) is 7.42. The summed E-state index contributed by atoms with van der Waals surface area (Å²) < 4.78 is 21.3. The molecule has 0 saturated carbocycles. The number of rotatable bonds is 8. The Kier molecular flexibility index (Phi) is 8.66. The minimum Gasteiger partial charge on any atom is -0.449 e. The van der Waals surface area contributed by atoms with Gasteiger partial charge in [-0.3, -0.25) is 18.8 Å². The summed E-state index contributed by atoms with van der Waals surface area (Å²) in [6, 6.07) is 27.2. The molecule has 10 heteroatoms. The second-order valence-electron chi connectivity index (χ2n) is 12.7. The minimum absolute atomic E-state index is 0.151. The highest BCUT2D eigenvalue weighted by molar-refractivity contribution is 5.85. The van der Waals surface area contributed by atoms with E-state index in [0.717, 1.165) is 37.9 Å². The third kappa shape index (κ3) is 5.70. The van der Waals surface area contributed by atoms with Crippen molar-refractivity contribution in [1.82, 2.24) is 19.0 Å². The Morgan fingerprint density at radius 3 is 2.27 bits per heavy atom. The van der Waals surface area contributed by atoms with Crippen LogP contribution in [0.2, 0.25) is 0 Å². The molecule has 2 aliphatic heterocycles. The van der Waals surface area contributed by atoms with Crippen LogP contribution >= 0.6 is 0 Å². The Morgan fingerprint density at radius 1 is 0.896 bits per heavy atom. The first-order valence-corrected chi connectivity index (χ1v) is 16.5. The lowest BCUT2D eigenvalue weighted by atomic mass is 9.77. The lowest BCUT2D eigenvalue weighted by Gasteiger charge is -2.42. The summed E-state index contributed by atoms with van der Waals surface area (Å²) in [6.07, 6.45) is 0.554. The zero-order chi connectivity index (χ0) is 33.4. The lowest BCUT2D eigenvalue weighted by Crippen LogP contribution is -2.49. The fraction of sp³-hybridized carbons (Fsp3) is 0.342. The van der Waals surface area contributed by atoms with Gasteiger partial charge in [0.25, 0.3) is 5.56 Å². The van der Waals surface area contributed by atoms with Crippen molar-refractivity contribution < 1.29 is 19.0 Å². The second kappa shape index (κ2) is 13.2. The van der Waals surface area contributed by atoms with Gasteiger partial charge in [-0.15, -0.1) is 0 Å². The van der Waals surface area contributed by atoms with Gasteiger partial charge in [-0.25, -0.2) is 9.59 Å². The Morgan fingerprint density at radius 2 is 1.56 bits per heavy atom. The van der Waals surface area contributed by atoms with E-state index in [0.29, 0.717) is 38.0 Å². The van der Waals surface area contributed by atoms with Crippen LogP contribution in [0.4, 0.5) is 4.79 Å². The summed E-state index contributed by atoms with van der Waals surface area (Å²) in [6.45, 7) is 2.96. The molecule has 10 nitrogen and oxygen atoms in total. The Bertz CT molecular complexity index is 2050. The minimum atomic E-state index is -0.727. The van der Waals surface area contributed by atoms with Crippen molar-refractivity contribution in [3.05, 3.63) is 134 Å². The van der Waals surface area contributed by atoms with E-state index in [4.69, 9.17) is 14.2 Å². The van der Waals surface area contributed by atoms with E-state index < -0.39 is 35.6 Å². The van der Waals surface area contributed by atoms with Gasteiger partial charge in [0, 0.05) is 49.1 Å². The van der Waals surface area contributed by atoms with E-state index in [1.807, 2.05) is 78.9 Å². The van der Waals surface area contributed by atoms with Gasteiger partial charge in [0.05, 0.1) is 18.2 Å². The van der Waals surface area contributed by atoms with Crippen molar-refractivity contribution in [2.75, 3.05) is 6.54 Å². The van der Waals surface area contributed by atoms with E-state index in [9.17, 15) is 14.4 Å². The molecule has 1 amide bonds. The number of para-hydroxylation sites is 1. The molecule has 1 N–H and O–H groups in total. The van der Waals surface area contributed by atoms with Crippen molar-refractivity contribution in [2.24, 2.45) is 20.0 Å². The molecule has 7 rings (SSSR count). The Balaban J connectivity index is 1.30. The molecule has 0 bridgehead atoms. The SMILES string of the molecule is CC[C@@H]1[C@H](OCc2ccccc2)Oc2c(c(=O)n(C)c(=O)n2C)[C@@H]1C[C@H]1c2[nH]c3ccccc3c2CCN1C(=O)OCc1ccccc1. The highest BCUT2D eigenvalue weighted by Crippen LogP contribution is 2.47. The first kappa shape index (κ1) is 31.5. The van der Waals surface area contributed by atoms with Crippen LogP contribution < -0.4 is 16.0 Å². The van der Waals surface area contributed by atoms with Gasteiger partial charge in [0.2, 0.25) is 12.2 Å². The molecule has 5 aromatic rings. The first-order valence-electron chi connectivity index (χ1n) is 16.5. The van der Waals surface area contributed by atoms with E-state index in [1.54, 1.807) is 11.9 Å². The summed E-state index contributed by atoms with van der Waals surface area (Å²) >= 11 is 0. The Hall–Kier alpha value is -5.09. The molecule has 3 aromatic carbocycles. The number of ether oxygens (including phenoxy) is 3. The molecule has 4 atom stereocenters. The van der Waals surface area contributed by atoms with Gasteiger partial charge in [0.15, 0.2) is 0 Å². The molecule has 0 unspecified atom stereocenters. The molecule has 248 valence electrons. The summed E-state index contributed by atoms with van der Waals surface area (Å²) in [7, 11) is 3.10. The number of carbonyl (C=O) groups excluding carboxylic acids is 1. The number of nitrogens with zero attached hydrogens (tertiary/aromatic N) is 3. The number of benzene rings is 3. The van der Waals surface area contributed by atoms with Crippen LogP contribution in [-0.2, 0) is 43.2 Å². The third-order valence-electron chi connectivity index (χ3n) is 9.91. The summed E-state index contributed by atoms with van der Waals surface area (Å²) in [5.41, 5.74) is 4.52. The van der Waals surface area contributed by atoms with Gasteiger partial charge in [-0.05, 0) is 42.0 Å². The van der Waals surface area contributed by atoms with Crippen LogP contribution in [0.25, 0.3) is 10.9 Å². The maximum Gasteiger partial charge on any atom is 0.410 e. The second-order valence-corrected chi connectivity index (χ2v) is 12.7. The van der Waals surface area contributed by atoms with Crippen LogP contribution in [0.3, 0.4) is 0 Å². The van der Waals surface area contributed by atoms with Crippen molar-refractivity contribution in [3.63, 3.8) is 0 Å². The molecule has 0 fully saturated rings. The average Bonchev–Trinajstić information content (AvgIpc) is 3.51. The molecule has 0 aliphatic carbocycles. The third-order valence-corrected chi connectivity index (χ3v) is 9.91. The van der Waals surface area contributed by atoms with Crippen LogP contribution in [0.15, 0.2) is 94.5 Å². The number of nitrogens with one attached hydrogen (secondary N) is 1. The predicted molar refractivity (Wildman–Crippen MR) is 182 cm³/mol. The number of hydrogen-bond donors (Lipinski definition) is 1. The molecular weight excluding hydrogens is 608 g/mol. The van der Waals surface area contributed by atoms with E-state index in [2.05, 4.69) is 18.0 Å². The molecule has 4 heterocycles. The first-order chi connectivity index (χ1) is 23.4. The van der Waals surface area contributed by atoms with Gasteiger partial charge < -0.3 is 19.2 Å². The highest BCUT2D eigenvalue weighted by Gasteiger charge is 2.45. The molecule has 0 saturated heterocycles. The zero-order valence-corrected chi connectivity index (χ0v) is 27.4. The predicted octanol–water partition coefficient (Wildman–Crippen LogP) is 5.94. The molecule has 2 aliphatic rings. The zero-order valence-electron chi connectivity index (χ0n) is 27.4. The van der Waals surface area contributed by atoms with Gasteiger partial charge >= 0.3 is 11.8 Å².